The number of hydrogen-bond acceptors (Lipinski definition) is 3. The van der Waals surface area contributed by atoms with E-state index >= 15 is 0 Å². The summed E-state index contributed by atoms with van der Waals surface area (Å²) in [5.41, 5.74) is 1.83. The summed E-state index contributed by atoms with van der Waals surface area (Å²) in [6.45, 7) is 0.947. The van der Waals surface area contributed by atoms with Crippen LogP contribution in [0.2, 0.25) is 0 Å². The van der Waals surface area contributed by atoms with Gasteiger partial charge in [-0.3, -0.25) is 0 Å². The minimum absolute atomic E-state index is 0.127. The van der Waals surface area contributed by atoms with Crippen LogP contribution in [0.4, 0.5) is 4.39 Å². The molecule has 5 nitrogen and oxygen atoms in total. The number of carbonyl (C=O) groups is 1. The Morgan fingerprint density at radius 2 is 2.04 bits per heavy atom. The van der Waals surface area contributed by atoms with Gasteiger partial charge in [0.15, 0.2) is 0 Å². The first kappa shape index (κ1) is 17.9. The quantitative estimate of drug-likeness (QED) is 0.525. The van der Waals surface area contributed by atoms with Crippen molar-refractivity contribution in [3.05, 3.63) is 59.5 Å². The minimum Gasteiger partial charge on any atom is -0.497 e. The molecule has 0 aliphatic carbocycles. The number of methoxy groups -OCH3 is 1. The fourth-order valence-electron chi connectivity index (χ4n) is 2.83. The molecule has 0 amide bonds. The molecule has 0 aliphatic rings. The molecular formula is C20H22FN2O3+. The molecule has 3 rings (SSSR count). The third-order valence-electron chi connectivity index (χ3n) is 4.24. The molecule has 26 heavy (non-hydrogen) atoms. The van der Waals surface area contributed by atoms with Gasteiger partial charge in [0.1, 0.15) is 17.3 Å². The van der Waals surface area contributed by atoms with Gasteiger partial charge < -0.3 is 19.4 Å². The summed E-state index contributed by atoms with van der Waals surface area (Å²) < 4.78 is 24.6. The average molecular weight is 357 g/mol. The van der Waals surface area contributed by atoms with Gasteiger partial charge in [0.2, 0.25) is 0 Å². The van der Waals surface area contributed by atoms with Gasteiger partial charge in [-0.05, 0) is 29.8 Å². The Bertz CT molecular complexity index is 934. The second-order valence-corrected chi connectivity index (χ2v) is 6.44. The summed E-state index contributed by atoms with van der Waals surface area (Å²) >= 11 is 0. The van der Waals surface area contributed by atoms with Gasteiger partial charge in [0.25, 0.3) is 0 Å². The topological polar surface area (TPSA) is 55.8 Å². The summed E-state index contributed by atoms with van der Waals surface area (Å²) in [4.78, 5) is 17.0. The smallest absolute Gasteiger partial charge is 0.346 e. The maximum Gasteiger partial charge on any atom is 0.346 e. The van der Waals surface area contributed by atoms with E-state index in [4.69, 9.17) is 9.47 Å². The van der Waals surface area contributed by atoms with Crippen molar-refractivity contribution in [1.29, 1.82) is 0 Å². The van der Waals surface area contributed by atoms with Crippen molar-refractivity contribution in [3.63, 3.8) is 0 Å². The lowest BCUT2D eigenvalue weighted by molar-refractivity contribution is -0.858. The van der Waals surface area contributed by atoms with Crippen LogP contribution in [0.1, 0.15) is 15.9 Å². The molecule has 136 valence electrons. The molecule has 0 bridgehead atoms. The number of likely N-dealkylation sites (N-methyl/N-ethyl adjacent to an activating group) is 1. The Balaban J connectivity index is 1.90. The van der Waals surface area contributed by atoms with E-state index in [1.165, 1.54) is 30.2 Å². The molecule has 0 aliphatic heterocycles. The molecule has 0 saturated carbocycles. The number of hydrogen-bond donors (Lipinski definition) is 2. The molecule has 6 heteroatoms. The molecule has 0 saturated heterocycles. The highest BCUT2D eigenvalue weighted by Crippen LogP contribution is 2.30. The highest BCUT2D eigenvalue weighted by atomic mass is 19.1. The molecule has 0 unspecified atom stereocenters. The van der Waals surface area contributed by atoms with Gasteiger partial charge in [-0.15, -0.1) is 0 Å². The van der Waals surface area contributed by atoms with Crippen LogP contribution in [0, 0.1) is 5.82 Å². The van der Waals surface area contributed by atoms with Gasteiger partial charge in [0.05, 0.1) is 33.3 Å². The lowest BCUT2D eigenvalue weighted by Gasteiger charge is -2.10. The molecule has 2 N–H and O–H groups in total. The van der Waals surface area contributed by atoms with E-state index in [0.29, 0.717) is 11.5 Å². The molecule has 0 radical (unpaired) electrons. The van der Waals surface area contributed by atoms with Crippen LogP contribution >= 0.6 is 0 Å². The molecule has 2 aromatic carbocycles. The number of rotatable bonds is 6. The van der Waals surface area contributed by atoms with Crippen LogP contribution in [0.5, 0.6) is 11.5 Å². The predicted octanol–water partition coefficient (Wildman–Crippen LogP) is 2.22. The highest BCUT2D eigenvalue weighted by Gasteiger charge is 2.18. The van der Waals surface area contributed by atoms with E-state index in [2.05, 4.69) is 19.1 Å². The standard InChI is InChI=1S/C20H21FN2O3/c1-23(2)10-9-13-12-22-17-5-4-6-18(19(13)17)26-20(24)15-8-7-14(25-3)11-16(15)21/h4-8,11-12,22H,9-10H2,1-3H3/p+1. The molecule has 1 aromatic heterocycles. The number of carbonyl (C=O) groups excluding carboxylic acids is 1. The third-order valence-corrected chi connectivity index (χ3v) is 4.24. The first-order valence-corrected chi connectivity index (χ1v) is 8.43. The highest BCUT2D eigenvalue weighted by molar-refractivity contribution is 5.96. The predicted molar refractivity (Wildman–Crippen MR) is 97.6 cm³/mol. The zero-order chi connectivity index (χ0) is 18.7. The maximum atomic E-state index is 14.1. The zero-order valence-corrected chi connectivity index (χ0v) is 15.1. The number of esters is 1. The third kappa shape index (κ3) is 3.70. The maximum absolute atomic E-state index is 14.1. The molecule has 0 spiro atoms. The van der Waals surface area contributed by atoms with Crippen LogP contribution in [-0.2, 0) is 6.42 Å². The Morgan fingerprint density at radius 3 is 2.73 bits per heavy atom. The van der Waals surface area contributed by atoms with E-state index in [9.17, 15) is 9.18 Å². The number of fused-ring (bicyclic) bond motifs is 1. The van der Waals surface area contributed by atoms with Crippen LogP contribution in [0.3, 0.4) is 0 Å². The number of aromatic nitrogens is 1. The Kier molecular flexibility index (Phi) is 5.23. The van der Waals surface area contributed by atoms with E-state index in [1.807, 2.05) is 12.3 Å². The molecular weight excluding hydrogens is 335 g/mol. The number of halogens is 1. The van der Waals surface area contributed by atoms with Crippen molar-refractivity contribution >= 4 is 16.9 Å². The van der Waals surface area contributed by atoms with Crippen molar-refractivity contribution in [3.8, 4) is 11.5 Å². The summed E-state index contributed by atoms with van der Waals surface area (Å²) in [5, 5.41) is 0.857. The number of benzene rings is 2. The Hall–Kier alpha value is -2.86. The van der Waals surface area contributed by atoms with Crippen molar-refractivity contribution in [1.82, 2.24) is 4.98 Å². The summed E-state index contributed by atoms with van der Waals surface area (Å²) in [5.74, 6) is -0.636. The summed E-state index contributed by atoms with van der Waals surface area (Å²) in [6, 6.07) is 9.51. The van der Waals surface area contributed by atoms with E-state index in [0.717, 1.165) is 29.4 Å². The van der Waals surface area contributed by atoms with Crippen LogP contribution in [0.25, 0.3) is 10.9 Å². The first-order chi connectivity index (χ1) is 12.5. The van der Waals surface area contributed by atoms with Crippen molar-refractivity contribution in [2.45, 2.75) is 6.42 Å². The molecule has 1 heterocycles. The largest absolute Gasteiger partial charge is 0.497 e. The lowest BCUT2D eigenvalue weighted by atomic mass is 10.1. The first-order valence-electron chi connectivity index (χ1n) is 8.43. The lowest BCUT2D eigenvalue weighted by Crippen LogP contribution is -3.05. The average Bonchev–Trinajstić information content (AvgIpc) is 3.04. The zero-order valence-electron chi connectivity index (χ0n) is 15.1. The van der Waals surface area contributed by atoms with E-state index < -0.39 is 11.8 Å². The van der Waals surface area contributed by atoms with Crippen molar-refractivity contribution in [2.75, 3.05) is 27.7 Å². The normalized spacial score (nSPS) is 11.1. The molecule has 0 atom stereocenters. The Labute approximate surface area is 151 Å². The monoisotopic (exact) mass is 357 g/mol. The van der Waals surface area contributed by atoms with Gasteiger partial charge in [-0.2, -0.15) is 0 Å². The number of ether oxygens (including phenoxy) is 2. The molecule has 0 fully saturated rings. The second kappa shape index (κ2) is 7.58. The van der Waals surface area contributed by atoms with E-state index in [-0.39, 0.29) is 5.56 Å². The van der Waals surface area contributed by atoms with Crippen molar-refractivity contribution < 1.29 is 23.6 Å². The number of H-pyrrole nitrogens is 1. The van der Waals surface area contributed by atoms with E-state index in [1.54, 1.807) is 12.1 Å². The van der Waals surface area contributed by atoms with Crippen molar-refractivity contribution in [2.24, 2.45) is 0 Å². The number of aromatic amines is 1. The number of nitrogens with one attached hydrogen (secondary N) is 2. The van der Waals surface area contributed by atoms with Crippen LogP contribution in [0.15, 0.2) is 42.6 Å². The van der Waals surface area contributed by atoms with Gasteiger partial charge >= 0.3 is 5.97 Å². The fraction of sp³-hybridized carbons (Fsp3) is 0.250. The van der Waals surface area contributed by atoms with Crippen LogP contribution < -0.4 is 14.4 Å². The summed E-state index contributed by atoms with van der Waals surface area (Å²) in [7, 11) is 5.61. The van der Waals surface area contributed by atoms with Gasteiger partial charge in [0, 0.05) is 29.6 Å². The van der Waals surface area contributed by atoms with Gasteiger partial charge in [-0.1, -0.05) is 6.07 Å². The minimum atomic E-state index is -0.733. The van der Waals surface area contributed by atoms with Gasteiger partial charge in [-0.25, -0.2) is 9.18 Å². The SMILES string of the molecule is COc1ccc(C(=O)Oc2cccc3[nH]cc(CC[NH+](C)C)c23)c(F)c1. The second-order valence-electron chi connectivity index (χ2n) is 6.44. The summed E-state index contributed by atoms with van der Waals surface area (Å²) in [6.07, 6.45) is 2.77. The Morgan fingerprint density at radius 1 is 1.23 bits per heavy atom. The van der Waals surface area contributed by atoms with Crippen LogP contribution in [-0.4, -0.2) is 38.7 Å². The fourth-order valence-corrected chi connectivity index (χ4v) is 2.83. The molecule has 3 aromatic rings. The number of quaternary nitrogens is 1.